The number of carbonyl (C=O) groups is 1. The smallest absolute Gasteiger partial charge is 0.238 e. The summed E-state index contributed by atoms with van der Waals surface area (Å²) in [5, 5.41) is 7.99. The van der Waals surface area contributed by atoms with Gasteiger partial charge < -0.3 is 14.8 Å². The first-order valence-electron chi connectivity index (χ1n) is 9.22. The number of nitrogens with two attached hydrogens (primary N) is 1. The maximum atomic E-state index is 12.3. The molecular formula is C20H25N3O5S. The van der Waals surface area contributed by atoms with Crippen LogP contribution in [0.3, 0.4) is 0 Å². The monoisotopic (exact) mass is 419 g/mol. The molecule has 1 amide bonds. The number of likely N-dealkylation sites (N-methyl/N-ethyl adjacent to an activating group) is 1. The molecule has 1 aliphatic heterocycles. The van der Waals surface area contributed by atoms with Crippen molar-refractivity contribution < 1.29 is 22.7 Å². The molecule has 0 unspecified atom stereocenters. The molecule has 0 saturated heterocycles. The molecule has 9 heteroatoms. The van der Waals surface area contributed by atoms with Crippen molar-refractivity contribution >= 4 is 15.9 Å². The largest absolute Gasteiger partial charge is 0.486 e. The number of carbonyl (C=O) groups excluding carboxylic acids is 1. The SMILES string of the molecule is C[C@@H](c1ccc(S(N)(=O)=O)cc1)N(C)CC(=O)NC[C@H]1COc2ccccc2O1. The second-order valence-electron chi connectivity index (χ2n) is 7.01. The van der Waals surface area contributed by atoms with Gasteiger partial charge in [-0.15, -0.1) is 0 Å². The van der Waals surface area contributed by atoms with Crippen LogP contribution in [-0.4, -0.2) is 52.1 Å². The number of hydrogen-bond donors (Lipinski definition) is 2. The molecule has 1 heterocycles. The van der Waals surface area contributed by atoms with Crippen LogP contribution in [0.15, 0.2) is 53.4 Å². The van der Waals surface area contributed by atoms with Crippen molar-refractivity contribution in [3.63, 3.8) is 0 Å². The Morgan fingerprint density at radius 2 is 1.86 bits per heavy atom. The molecule has 0 saturated carbocycles. The van der Waals surface area contributed by atoms with E-state index in [9.17, 15) is 13.2 Å². The molecule has 2 aromatic carbocycles. The molecule has 2 aromatic rings. The van der Waals surface area contributed by atoms with E-state index in [0.29, 0.717) is 24.7 Å². The van der Waals surface area contributed by atoms with Gasteiger partial charge in [0.25, 0.3) is 0 Å². The van der Waals surface area contributed by atoms with Crippen molar-refractivity contribution in [3.8, 4) is 11.5 Å². The van der Waals surface area contributed by atoms with Gasteiger partial charge in [-0.25, -0.2) is 13.6 Å². The van der Waals surface area contributed by atoms with Crippen LogP contribution in [0.2, 0.25) is 0 Å². The third-order valence-corrected chi connectivity index (χ3v) is 5.77. The molecule has 8 nitrogen and oxygen atoms in total. The number of sulfonamides is 1. The minimum atomic E-state index is -3.72. The van der Waals surface area contributed by atoms with E-state index in [2.05, 4.69) is 5.32 Å². The lowest BCUT2D eigenvalue weighted by Gasteiger charge is -2.27. The third kappa shape index (κ3) is 5.47. The van der Waals surface area contributed by atoms with Crippen molar-refractivity contribution in [1.82, 2.24) is 10.2 Å². The standard InChI is InChI=1S/C20H25N3O5S/c1-14(15-7-9-17(10-8-15)29(21,25)26)23(2)12-20(24)22-11-16-13-27-18-5-3-4-6-19(18)28-16/h3-10,14,16H,11-13H2,1-2H3,(H,22,24)(H2,21,25,26)/t14-,16-/m0/s1. The van der Waals surface area contributed by atoms with E-state index in [0.717, 1.165) is 5.56 Å². The summed E-state index contributed by atoms with van der Waals surface area (Å²) < 4.78 is 34.2. The van der Waals surface area contributed by atoms with Crippen LogP contribution in [0.4, 0.5) is 0 Å². The zero-order valence-electron chi connectivity index (χ0n) is 16.4. The maximum absolute atomic E-state index is 12.3. The zero-order valence-corrected chi connectivity index (χ0v) is 17.2. The molecule has 0 fully saturated rings. The average Bonchev–Trinajstić information content (AvgIpc) is 2.71. The van der Waals surface area contributed by atoms with Gasteiger partial charge >= 0.3 is 0 Å². The van der Waals surface area contributed by atoms with E-state index in [4.69, 9.17) is 14.6 Å². The number of amides is 1. The van der Waals surface area contributed by atoms with Gasteiger partial charge in [-0.1, -0.05) is 24.3 Å². The summed E-state index contributed by atoms with van der Waals surface area (Å²) in [6.45, 7) is 2.84. The van der Waals surface area contributed by atoms with Crippen LogP contribution in [0, 0.1) is 0 Å². The number of nitrogens with one attached hydrogen (secondary N) is 1. The van der Waals surface area contributed by atoms with E-state index in [1.54, 1.807) is 12.1 Å². The van der Waals surface area contributed by atoms with Crippen molar-refractivity contribution in [2.45, 2.75) is 24.0 Å². The molecule has 0 radical (unpaired) electrons. The van der Waals surface area contributed by atoms with Crippen LogP contribution < -0.4 is 19.9 Å². The lowest BCUT2D eigenvalue weighted by molar-refractivity contribution is -0.122. The fourth-order valence-electron chi connectivity index (χ4n) is 3.00. The summed E-state index contributed by atoms with van der Waals surface area (Å²) in [5.41, 5.74) is 0.883. The molecule has 3 rings (SSSR count). The third-order valence-electron chi connectivity index (χ3n) is 4.84. The Hall–Kier alpha value is -2.62. The molecular weight excluding hydrogens is 394 g/mol. The fourth-order valence-corrected chi connectivity index (χ4v) is 3.52. The topological polar surface area (TPSA) is 111 Å². The summed E-state index contributed by atoms with van der Waals surface area (Å²) in [6, 6.07) is 13.7. The fraction of sp³-hybridized carbons (Fsp3) is 0.350. The van der Waals surface area contributed by atoms with Gasteiger partial charge in [0, 0.05) is 6.04 Å². The number of ether oxygens (including phenoxy) is 2. The highest BCUT2D eigenvalue weighted by atomic mass is 32.2. The van der Waals surface area contributed by atoms with Gasteiger partial charge in [0.2, 0.25) is 15.9 Å². The maximum Gasteiger partial charge on any atom is 0.238 e. The first kappa shape index (κ1) is 21.1. The Morgan fingerprint density at radius 1 is 1.21 bits per heavy atom. The molecule has 3 N–H and O–H groups in total. The first-order valence-corrected chi connectivity index (χ1v) is 10.8. The molecule has 29 heavy (non-hydrogen) atoms. The number of rotatable bonds is 7. The predicted octanol–water partition coefficient (Wildman–Crippen LogP) is 1.28. The summed E-state index contributed by atoms with van der Waals surface area (Å²) in [4.78, 5) is 14.2. The predicted molar refractivity (Wildman–Crippen MR) is 108 cm³/mol. The van der Waals surface area contributed by atoms with Gasteiger partial charge in [-0.3, -0.25) is 9.69 Å². The number of primary sulfonamides is 1. The van der Waals surface area contributed by atoms with Crippen molar-refractivity contribution in [3.05, 3.63) is 54.1 Å². The molecule has 0 aromatic heterocycles. The Balaban J connectivity index is 1.49. The quantitative estimate of drug-likeness (QED) is 0.700. The van der Waals surface area contributed by atoms with Crippen LogP contribution in [0.5, 0.6) is 11.5 Å². The molecule has 156 valence electrons. The Bertz CT molecular complexity index is 962. The number of para-hydroxylation sites is 2. The van der Waals surface area contributed by atoms with Crippen LogP contribution >= 0.6 is 0 Å². The van der Waals surface area contributed by atoms with Crippen LogP contribution in [0.25, 0.3) is 0 Å². The van der Waals surface area contributed by atoms with E-state index in [1.807, 2.05) is 43.1 Å². The van der Waals surface area contributed by atoms with Gasteiger partial charge in [-0.2, -0.15) is 0 Å². The van der Waals surface area contributed by atoms with Crippen LogP contribution in [0.1, 0.15) is 18.5 Å². The molecule has 1 aliphatic rings. The van der Waals surface area contributed by atoms with E-state index < -0.39 is 10.0 Å². The van der Waals surface area contributed by atoms with E-state index >= 15 is 0 Å². The minimum absolute atomic E-state index is 0.0603. The summed E-state index contributed by atoms with van der Waals surface area (Å²) in [5.74, 6) is 1.24. The second-order valence-corrected chi connectivity index (χ2v) is 8.57. The van der Waals surface area contributed by atoms with Crippen LogP contribution in [-0.2, 0) is 14.8 Å². The normalized spacial score (nSPS) is 17.0. The lowest BCUT2D eigenvalue weighted by Crippen LogP contribution is -2.44. The van der Waals surface area contributed by atoms with Gasteiger partial charge in [0.1, 0.15) is 12.7 Å². The van der Waals surface area contributed by atoms with E-state index in [-0.39, 0.29) is 29.5 Å². The molecule has 0 spiro atoms. The highest BCUT2D eigenvalue weighted by molar-refractivity contribution is 7.89. The lowest BCUT2D eigenvalue weighted by atomic mass is 10.1. The second kappa shape index (κ2) is 8.81. The number of benzene rings is 2. The Labute approximate surface area is 170 Å². The first-order chi connectivity index (χ1) is 13.7. The van der Waals surface area contributed by atoms with Crippen molar-refractivity contribution in [1.29, 1.82) is 0 Å². The van der Waals surface area contributed by atoms with Gasteiger partial charge in [0.05, 0.1) is 18.0 Å². The van der Waals surface area contributed by atoms with Crippen molar-refractivity contribution in [2.24, 2.45) is 5.14 Å². The summed E-state index contributed by atoms with van der Waals surface area (Å²) in [6.07, 6.45) is -0.248. The highest BCUT2D eigenvalue weighted by Crippen LogP contribution is 2.30. The van der Waals surface area contributed by atoms with Gasteiger partial charge in [0.15, 0.2) is 11.5 Å². The summed E-state index contributed by atoms with van der Waals surface area (Å²) in [7, 11) is -1.89. The molecule has 2 atom stereocenters. The van der Waals surface area contributed by atoms with Crippen molar-refractivity contribution in [2.75, 3.05) is 26.7 Å². The minimum Gasteiger partial charge on any atom is -0.486 e. The number of fused-ring (bicyclic) bond motifs is 1. The average molecular weight is 420 g/mol. The molecule has 0 aliphatic carbocycles. The van der Waals surface area contributed by atoms with Gasteiger partial charge in [-0.05, 0) is 43.8 Å². The highest BCUT2D eigenvalue weighted by Gasteiger charge is 2.22. The Kier molecular flexibility index (Phi) is 6.41. The number of hydrogen-bond acceptors (Lipinski definition) is 6. The number of nitrogens with zero attached hydrogens (tertiary/aromatic N) is 1. The Morgan fingerprint density at radius 3 is 2.52 bits per heavy atom. The summed E-state index contributed by atoms with van der Waals surface area (Å²) >= 11 is 0. The van der Waals surface area contributed by atoms with E-state index in [1.165, 1.54) is 12.1 Å². The zero-order chi connectivity index (χ0) is 21.0. The molecule has 0 bridgehead atoms.